The van der Waals surface area contributed by atoms with Crippen LogP contribution in [-0.2, 0) is 0 Å². The second kappa shape index (κ2) is 6.70. The molecule has 2 unspecified atom stereocenters. The molecule has 0 aromatic rings. The van der Waals surface area contributed by atoms with Crippen LogP contribution in [0, 0.1) is 0 Å². The van der Waals surface area contributed by atoms with E-state index in [-0.39, 0.29) is 6.10 Å². The number of nitrogens with zero attached hydrogens (tertiary/aromatic N) is 5. The zero-order valence-corrected chi connectivity index (χ0v) is 10.1. The number of azide groups is 1. The molecule has 0 saturated carbocycles. The van der Waals surface area contributed by atoms with Crippen LogP contribution in [0.4, 0.5) is 0 Å². The van der Waals surface area contributed by atoms with Crippen LogP contribution in [0.25, 0.3) is 10.4 Å². The number of hydrogen-bond acceptors (Lipinski definition) is 4. The molecule has 0 aliphatic carbocycles. The minimum atomic E-state index is -0.204. The molecule has 6 nitrogen and oxygen atoms in total. The van der Waals surface area contributed by atoms with Gasteiger partial charge in [-0.3, -0.25) is 4.90 Å². The van der Waals surface area contributed by atoms with Gasteiger partial charge in [0.2, 0.25) is 0 Å². The molecule has 1 aliphatic heterocycles. The van der Waals surface area contributed by atoms with Crippen molar-refractivity contribution in [3.05, 3.63) is 10.4 Å². The molecule has 1 aliphatic rings. The average molecular weight is 227 g/mol. The summed E-state index contributed by atoms with van der Waals surface area (Å²) in [4.78, 5) is 7.16. The number of hydrogen-bond donors (Lipinski definition) is 1. The van der Waals surface area contributed by atoms with Crippen molar-refractivity contribution in [1.82, 2.24) is 9.80 Å². The Bertz CT molecular complexity index is 252. The largest absolute Gasteiger partial charge is 0.392 e. The van der Waals surface area contributed by atoms with Crippen LogP contribution in [0.5, 0.6) is 0 Å². The van der Waals surface area contributed by atoms with Crippen molar-refractivity contribution in [3.8, 4) is 0 Å². The second-order valence-corrected chi connectivity index (χ2v) is 4.61. The average Bonchev–Trinajstić information content (AvgIpc) is 2.53. The number of aliphatic hydroxyl groups excluding tert-OH is 1. The Morgan fingerprint density at radius 3 is 2.94 bits per heavy atom. The van der Waals surface area contributed by atoms with E-state index in [4.69, 9.17) is 5.53 Å². The summed E-state index contributed by atoms with van der Waals surface area (Å²) in [6, 6.07) is 0.427. The summed E-state index contributed by atoms with van der Waals surface area (Å²) in [6.07, 6.45) is 1.50. The van der Waals surface area contributed by atoms with E-state index >= 15 is 0 Å². The van der Waals surface area contributed by atoms with Gasteiger partial charge in [-0.05, 0) is 39.0 Å². The molecule has 0 aromatic heterocycles. The van der Waals surface area contributed by atoms with Crippen LogP contribution in [0.1, 0.15) is 12.8 Å². The highest BCUT2D eigenvalue weighted by Crippen LogP contribution is 2.18. The Hall–Kier alpha value is -0.810. The fourth-order valence-corrected chi connectivity index (χ4v) is 2.23. The summed E-state index contributed by atoms with van der Waals surface area (Å²) in [5, 5.41) is 13.2. The van der Waals surface area contributed by atoms with Gasteiger partial charge in [0, 0.05) is 30.6 Å². The van der Waals surface area contributed by atoms with Gasteiger partial charge in [-0.25, -0.2) is 0 Å². The van der Waals surface area contributed by atoms with Crippen LogP contribution in [0.2, 0.25) is 0 Å². The first kappa shape index (κ1) is 13.3. The molecular formula is C10H21N5O. The third-order valence-electron chi connectivity index (χ3n) is 2.85. The topological polar surface area (TPSA) is 75.5 Å². The van der Waals surface area contributed by atoms with Crippen molar-refractivity contribution in [2.24, 2.45) is 5.11 Å². The quantitative estimate of drug-likeness (QED) is 0.314. The second-order valence-electron chi connectivity index (χ2n) is 4.61. The van der Waals surface area contributed by atoms with Crippen molar-refractivity contribution in [3.63, 3.8) is 0 Å². The van der Waals surface area contributed by atoms with Crippen molar-refractivity contribution in [1.29, 1.82) is 0 Å². The molecule has 16 heavy (non-hydrogen) atoms. The first-order chi connectivity index (χ1) is 7.63. The molecule has 1 heterocycles. The maximum atomic E-state index is 9.64. The van der Waals surface area contributed by atoms with E-state index in [2.05, 4.69) is 19.8 Å². The Morgan fingerprint density at radius 2 is 2.31 bits per heavy atom. The van der Waals surface area contributed by atoms with Gasteiger partial charge in [-0.1, -0.05) is 5.11 Å². The first-order valence-corrected chi connectivity index (χ1v) is 5.71. The van der Waals surface area contributed by atoms with E-state index in [1.54, 1.807) is 0 Å². The zero-order valence-electron chi connectivity index (χ0n) is 10.1. The van der Waals surface area contributed by atoms with Crippen molar-refractivity contribution >= 4 is 0 Å². The third kappa shape index (κ3) is 4.37. The Labute approximate surface area is 96.5 Å². The van der Waals surface area contributed by atoms with E-state index in [1.807, 2.05) is 14.1 Å². The van der Waals surface area contributed by atoms with Crippen LogP contribution in [0.3, 0.4) is 0 Å². The standard InChI is InChI=1S/C10H21N5O/c1-14(2)7-9-6-10(16)8-15(9)5-3-4-12-13-11/h9-10,16H,3-8H2,1-2H3. The Balaban J connectivity index is 2.33. The normalized spacial score (nSPS) is 26.0. The van der Waals surface area contributed by atoms with Crippen molar-refractivity contribution in [2.45, 2.75) is 25.0 Å². The van der Waals surface area contributed by atoms with E-state index in [9.17, 15) is 5.11 Å². The lowest BCUT2D eigenvalue weighted by Crippen LogP contribution is -2.38. The summed E-state index contributed by atoms with van der Waals surface area (Å²) in [7, 11) is 4.09. The van der Waals surface area contributed by atoms with Gasteiger partial charge in [-0.15, -0.1) is 0 Å². The minimum Gasteiger partial charge on any atom is -0.392 e. The van der Waals surface area contributed by atoms with Crippen LogP contribution in [-0.4, -0.2) is 67.3 Å². The van der Waals surface area contributed by atoms with Gasteiger partial charge in [0.05, 0.1) is 6.10 Å². The molecule has 2 atom stereocenters. The van der Waals surface area contributed by atoms with Crippen LogP contribution in [0.15, 0.2) is 5.11 Å². The van der Waals surface area contributed by atoms with Gasteiger partial charge >= 0.3 is 0 Å². The highest BCUT2D eigenvalue weighted by Gasteiger charge is 2.30. The van der Waals surface area contributed by atoms with Gasteiger partial charge in [-0.2, -0.15) is 0 Å². The van der Waals surface area contributed by atoms with Crippen LogP contribution >= 0.6 is 0 Å². The SMILES string of the molecule is CN(C)CC1CC(O)CN1CCCN=[N+]=[N-]. The maximum Gasteiger partial charge on any atom is 0.0682 e. The molecule has 0 spiro atoms. The van der Waals surface area contributed by atoms with Gasteiger partial charge < -0.3 is 10.0 Å². The number of likely N-dealkylation sites (N-methyl/N-ethyl adjacent to an activating group) is 1. The lowest BCUT2D eigenvalue weighted by Gasteiger charge is -2.26. The summed E-state index contributed by atoms with van der Waals surface area (Å²) in [5.41, 5.74) is 8.17. The molecule has 0 bridgehead atoms. The van der Waals surface area contributed by atoms with Gasteiger partial charge in [0.1, 0.15) is 0 Å². The lowest BCUT2D eigenvalue weighted by atomic mass is 10.2. The molecule has 0 aromatic carbocycles. The predicted octanol–water partition coefficient (Wildman–Crippen LogP) is 0.684. The number of β-amino-alcohol motifs (C(OH)–C–C–N with tert-alkyl or cyclic N) is 1. The number of aliphatic hydroxyl groups is 1. The van der Waals surface area contributed by atoms with Crippen molar-refractivity contribution < 1.29 is 5.11 Å². The summed E-state index contributed by atoms with van der Waals surface area (Å²) >= 11 is 0. The third-order valence-corrected chi connectivity index (χ3v) is 2.85. The molecular weight excluding hydrogens is 206 g/mol. The zero-order chi connectivity index (χ0) is 12.0. The molecule has 1 fully saturated rings. The lowest BCUT2D eigenvalue weighted by molar-refractivity contribution is 0.172. The highest BCUT2D eigenvalue weighted by atomic mass is 16.3. The van der Waals surface area contributed by atoms with E-state index < -0.39 is 0 Å². The number of likely N-dealkylation sites (tertiary alicyclic amines) is 1. The fourth-order valence-electron chi connectivity index (χ4n) is 2.23. The number of rotatable bonds is 6. The van der Waals surface area contributed by atoms with Gasteiger partial charge in [0.25, 0.3) is 0 Å². The highest BCUT2D eigenvalue weighted by molar-refractivity contribution is 4.86. The van der Waals surface area contributed by atoms with Gasteiger partial charge in [0.15, 0.2) is 0 Å². The minimum absolute atomic E-state index is 0.204. The molecule has 1 N–H and O–H groups in total. The predicted molar refractivity (Wildman–Crippen MR) is 63.2 cm³/mol. The molecule has 1 saturated heterocycles. The summed E-state index contributed by atoms with van der Waals surface area (Å²) < 4.78 is 0. The first-order valence-electron chi connectivity index (χ1n) is 5.71. The Kier molecular flexibility index (Phi) is 5.55. The summed E-state index contributed by atoms with van der Waals surface area (Å²) in [6.45, 7) is 3.15. The molecule has 0 amide bonds. The molecule has 6 heteroatoms. The molecule has 92 valence electrons. The summed E-state index contributed by atoms with van der Waals surface area (Å²) in [5.74, 6) is 0. The van der Waals surface area contributed by atoms with E-state index in [0.29, 0.717) is 12.6 Å². The molecule has 0 radical (unpaired) electrons. The monoisotopic (exact) mass is 227 g/mol. The maximum absolute atomic E-state index is 9.64. The Morgan fingerprint density at radius 1 is 1.56 bits per heavy atom. The van der Waals surface area contributed by atoms with Crippen LogP contribution < -0.4 is 0 Å². The molecule has 1 rings (SSSR count). The van der Waals surface area contributed by atoms with E-state index in [0.717, 1.165) is 32.5 Å². The van der Waals surface area contributed by atoms with Crippen molar-refractivity contribution in [2.75, 3.05) is 40.3 Å². The fraction of sp³-hybridized carbons (Fsp3) is 1.00. The van der Waals surface area contributed by atoms with E-state index in [1.165, 1.54) is 0 Å². The smallest absolute Gasteiger partial charge is 0.0682 e.